The van der Waals surface area contributed by atoms with Crippen LogP contribution in [0.2, 0.25) is 0 Å². The molecule has 0 saturated carbocycles. The summed E-state index contributed by atoms with van der Waals surface area (Å²) < 4.78 is 40.2. The molecule has 0 amide bonds. The monoisotopic (exact) mass is 1020 g/mol. The summed E-state index contributed by atoms with van der Waals surface area (Å²) in [6.45, 7) is 0. The van der Waals surface area contributed by atoms with Crippen molar-refractivity contribution in [3.8, 4) is 84.0 Å². The van der Waals surface area contributed by atoms with E-state index in [1.165, 1.54) is 0 Å². The smallest absolute Gasteiger partial charge is 0.399 e. The topological polar surface area (TPSA) is 201 Å². The number of anilines is 6. The third-order valence-corrected chi connectivity index (χ3v) is 15.1. The molecule has 12 rings (SSSR count). The zero-order valence-corrected chi connectivity index (χ0v) is 42.5. The van der Waals surface area contributed by atoms with Crippen LogP contribution in [0.4, 0.5) is 34.1 Å². The van der Waals surface area contributed by atoms with Gasteiger partial charge in [-0.05, 0) is 157 Å². The van der Waals surface area contributed by atoms with Crippen LogP contribution in [0.3, 0.4) is 0 Å². The van der Waals surface area contributed by atoms with Gasteiger partial charge in [0.25, 0.3) is 0 Å². The summed E-state index contributed by atoms with van der Waals surface area (Å²) in [5.41, 5.74) is 49.6. The lowest BCUT2D eigenvalue weighted by Gasteiger charge is -2.28. The van der Waals surface area contributed by atoms with Crippen LogP contribution in [0.25, 0.3) is 99.1 Å². The number of nitrogens with two attached hydrogens (primary N) is 6. The Balaban J connectivity index is 1.22. The van der Waals surface area contributed by atoms with Crippen molar-refractivity contribution in [2.24, 2.45) is 0 Å². The van der Waals surface area contributed by atoms with Crippen LogP contribution in [-0.2, 0) is 4.57 Å². The van der Waals surface area contributed by atoms with Crippen LogP contribution in [0.1, 0.15) is 0 Å². The first-order valence-electron chi connectivity index (χ1n) is 25.0. The minimum Gasteiger partial charge on any atom is -0.399 e. The fraction of sp³-hybridized carbons (Fsp3) is 0. The molecule has 0 unspecified atom stereocenters. The van der Waals surface area contributed by atoms with Crippen LogP contribution in [-0.4, -0.2) is 0 Å². The molecular weight excluding hydrogens is 972 g/mol. The van der Waals surface area contributed by atoms with Crippen molar-refractivity contribution < 1.29 is 18.1 Å². The molecule has 11 heteroatoms. The van der Waals surface area contributed by atoms with E-state index in [1.807, 2.05) is 237 Å². The van der Waals surface area contributed by atoms with Crippen molar-refractivity contribution >= 4 is 74.3 Å². The average Bonchev–Trinajstić information content (AvgIpc) is 3.58. The van der Waals surface area contributed by atoms with Crippen LogP contribution >= 0.6 is 7.82 Å². The van der Waals surface area contributed by atoms with Gasteiger partial charge in [0.1, 0.15) is 17.2 Å². The van der Waals surface area contributed by atoms with Gasteiger partial charge in [-0.2, -0.15) is 4.57 Å². The van der Waals surface area contributed by atoms with Gasteiger partial charge in [-0.15, -0.1) is 0 Å². The molecule has 0 aliphatic rings. The molecule has 0 bridgehead atoms. The van der Waals surface area contributed by atoms with Gasteiger partial charge >= 0.3 is 7.82 Å². The Hall–Kier alpha value is -10.2. The predicted molar refractivity (Wildman–Crippen MR) is 320 cm³/mol. The standard InChI is InChI=1S/C66H51N6O4P/c67-49-25-13-40(14-26-49)58-37-46-7-1-4-10-55(46)61(43-19-31-52(70)32-20-43)64(58)74-77(73,75-65-59(41-15-27-50(68)28-16-41)38-47-8-2-5-11-56(47)62(65)44-21-33-53(71)34-22-44)76-66-60(42-17-29-51(69)30-18-42)39-48-9-3-6-12-57(48)63(66)45-23-35-54(72)36-24-45/h1-39H,67-72H2. The van der Waals surface area contributed by atoms with Gasteiger partial charge in [0.2, 0.25) is 0 Å². The maximum atomic E-state index is 17.8. The second-order valence-corrected chi connectivity index (χ2v) is 20.4. The average molecular weight is 1020 g/mol. The lowest BCUT2D eigenvalue weighted by molar-refractivity contribution is 0.301. The molecule has 0 spiro atoms. The zero-order valence-electron chi connectivity index (χ0n) is 41.6. The highest BCUT2D eigenvalue weighted by molar-refractivity contribution is 7.49. The molecular formula is C66H51N6O4P. The quantitative estimate of drug-likeness (QED) is 0.0505. The first kappa shape index (κ1) is 47.8. The van der Waals surface area contributed by atoms with Crippen molar-refractivity contribution in [1.29, 1.82) is 0 Å². The molecule has 374 valence electrons. The third-order valence-electron chi connectivity index (χ3n) is 13.9. The van der Waals surface area contributed by atoms with Gasteiger partial charge in [-0.3, -0.25) is 0 Å². The number of benzene rings is 12. The summed E-state index contributed by atoms with van der Waals surface area (Å²) in [5, 5.41) is 5.12. The largest absolute Gasteiger partial charge is 0.647 e. The minimum atomic E-state index is -5.21. The van der Waals surface area contributed by atoms with E-state index < -0.39 is 7.82 Å². The molecule has 0 heterocycles. The van der Waals surface area contributed by atoms with Gasteiger partial charge < -0.3 is 48.0 Å². The molecule has 10 nitrogen and oxygen atoms in total. The van der Waals surface area contributed by atoms with Crippen LogP contribution < -0.4 is 48.0 Å². The Kier molecular flexibility index (Phi) is 12.2. The molecule has 0 aromatic heterocycles. The van der Waals surface area contributed by atoms with Crippen molar-refractivity contribution in [3.63, 3.8) is 0 Å². The molecule has 0 radical (unpaired) electrons. The highest BCUT2D eigenvalue weighted by Gasteiger charge is 2.40. The highest BCUT2D eigenvalue weighted by Crippen LogP contribution is 2.61. The van der Waals surface area contributed by atoms with Gasteiger partial charge in [0.05, 0.1) is 0 Å². The Morgan fingerprint density at radius 1 is 0.260 bits per heavy atom. The van der Waals surface area contributed by atoms with Crippen LogP contribution in [0.5, 0.6) is 17.2 Å². The molecule has 12 aromatic carbocycles. The third kappa shape index (κ3) is 9.31. The van der Waals surface area contributed by atoms with Crippen molar-refractivity contribution in [1.82, 2.24) is 0 Å². The number of phosphoric ester groups is 1. The maximum absolute atomic E-state index is 17.8. The first-order valence-corrected chi connectivity index (χ1v) is 26.4. The molecule has 0 atom stereocenters. The Bertz CT molecular complexity index is 3810. The highest BCUT2D eigenvalue weighted by atomic mass is 31.2. The van der Waals surface area contributed by atoms with Gasteiger partial charge in [-0.1, -0.05) is 146 Å². The van der Waals surface area contributed by atoms with Gasteiger partial charge in [-0.25, -0.2) is 0 Å². The first-order chi connectivity index (χ1) is 37.4. The second kappa shape index (κ2) is 19.6. The second-order valence-electron chi connectivity index (χ2n) is 19.0. The number of rotatable bonds is 12. The molecule has 0 aliphatic carbocycles. The summed E-state index contributed by atoms with van der Waals surface area (Å²) in [6, 6.07) is 74.9. The summed E-state index contributed by atoms with van der Waals surface area (Å²) in [5.74, 6) is 0.651. The molecule has 77 heavy (non-hydrogen) atoms. The van der Waals surface area contributed by atoms with E-state index in [0.717, 1.165) is 65.7 Å². The van der Waals surface area contributed by atoms with Gasteiger partial charge in [0, 0.05) is 67.5 Å². The van der Waals surface area contributed by atoms with Crippen molar-refractivity contribution in [2.75, 3.05) is 34.4 Å². The van der Waals surface area contributed by atoms with E-state index in [9.17, 15) is 0 Å². The Morgan fingerprint density at radius 2 is 0.468 bits per heavy atom. The molecule has 0 aliphatic heterocycles. The molecule has 12 N–H and O–H groups in total. The summed E-state index contributed by atoms with van der Waals surface area (Å²) >= 11 is 0. The SMILES string of the molecule is Nc1ccc(-c2cc3ccccc3c(-c3ccc(N)cc3)c2OP(=O)(Oc2c(-c3ccc(N)cc3)cc3ccccc3c2-c2ccc(N)cc2)Oc2c(-c3ccc(N)cc3)cc3ccccc3c2-c2ccc(N)cc2)cc1. The zero-order chi connectivity index (χ0) is 52.8. The lowest BCUT2D eigenvalue weighted by Crippen LogP contribution is -2.12. The number of fused-ring (bicyclic) bond motifs is 3. The predicted octanol–water partition coefficient (Wildman–Crippen LogP) is 16.3. The Labute approximate surface area is 445 Å². The molecule has 0 fully saturated rings. The number of phosphoric acid groups is 1. The number of hydrogen-bond donors (Lipinski definition) is 6. The van der Waals surface area contributed by atoms with E-state index in [2.05, 4.69) is 0 Å². The van der Waals surface area contributed by atoms with E-state index >= 15 is 4.57 Å². The fourth-order valence-electron chi connectivity index (χ4n) is 10.1. The van der Waals surface area contributed by atoms with Crippen LogP contribution in [0, 0.1) is 0 Å². The summed E-state index contributed by atoms with van der Waals surface area (Å²) in [6.07, 6.45) is 0. The van der Waals surface area contributed by atoms with Crippen molar-refractivity contribution in [3.05, 3.63) is 237 Å². The lowest BCUT2D eigenvalue weighted by atomic mass is 9.91. The Morgan fingerprint density at radius 3 is 0.701 bits per heavy atom. The van der Waals surface area contributed by atoms with Gasteiger partial charge in [0.15, 0.2) is 0 Å². The van der Waals surface area contributed by atoms with Crippen LogP contribution in [0.15, 0.2) is 237 Å². The fourth-order valence-corrected chi connectivity index (χ4v) is 11.5. The summed E-state index contributed by atoms with van der Waals surface area (Å²) in [4.78, 5) is 0. The van der Waals surface area contributed by atoms with E-state index in [-0.39, 0.29) is 17.2 Å². The number of nitrogen functional groups attached to an aromatic ring is 6. The van der Waals surface area contributed by atoms with E-state index in [1.54, 1.807) is 0 Å². The minimum absolute atomic E-state index is 0.217. The molecule has 12 aromatic rings. The van der Waals surface area contributed by atoms with E-state index in [0.29, 0.717) is 67.5 Å². The van der Waals surface area contributed by atoms with E-state index in [4.69, 9.17) is 48.0 Å². The maximum Gasteiger partial charge on any atom is 0.647 e. The number of hydrogen-bond acceptors (Lipinski definition) is 10. The van der Waals surface area contributed by atoms with Crippen molar-refractivity contribution in [2.45, 2.75) is 0 Å². The molecule has 0 saturated heterocycles. The summed E-state index contributed by atoms with van der Waals surface area (Å²) in [7, 11) is -5.21. The normalized spacial score (nSPS) is 11.5.